The monoisotopic (exact) mass is 1010 g/mol. The first kappa shape index (κ1) is 66.3. The molecule has 0 aliphatic rings. The maximum Gasteiger partial charge on any atom is 0.307 e. The lowest BCUT2D eigenvalue weighted by atomic mass is 10.1. The van der Waals surface area contributed by atoms with Crippen LogP contribution in [0.15, 0.2) is 12.2 Å². The van der Waals surface area contributed by atoms with Crippen molar-refractivity contribution in [2.45, 2.75) is 226 Å². The van der Waals surface area contributed by atoms with Gasteiger partial charge in [0.1, 0.15) is 26.4 Å². The van der Waals surface area contributed by atoms with Crippen LogP contribution in [0.25, 0.3) is 0 Å². The Morgan fingerprint density at radius 3 is 1.16 bits per heavy atom. The Hall–Kier alpha value is -3.66. The molecule has 0 heterocycles. The molecule has 0 aliphatic heterocycles. The molecule has 0 radical (unpaired) electrons. The molecule has 0 N–H and O–H groups in total. The first-order valence-corrected chi connectivity index (χ1v) is 28.1. The van der Waals surface area contributed by atoms with E-state index < -0.39 is 48.0 Å². The van der Waals surface area contributed by atoms with Gasteiger partial charge in [0.05, 0.1) is 12.8 Å². The molecule has 0 unspecified atom stereocenters. The molecule has 0 aliphatic carbocycles. The Kier molecular flexibility index (Phi) is 45.2. The summed E-state index contributed by atoms with van der Waals surface area (Å²) in [6.07, 6.45) is 24.7. The van der Waals surface area contributed by atoms with Gasteiger partial charge in [-0.25, -0.2) is 0 Å². The minimum Gasteiger partial charge on any atom is -0.462 e. The topological polar surface area (TPSA) is 181 Å². The van der Waals surface area contributed by atoms with Gasteiger partial charge in [0.15, 0.2) is 12.2 Å². The Labute approximate surface area is 427 Å². The zero-order valence-corrected chi connectivity index (χ0v) is 45.4. The highest BCUT2D eigenvalue weighted by atomic mass is 32.2. The van der Waals surface area contributed by atoms with Gasteiger partial charge in [-0.05, 0) is 65.6 Å². The summed E-state index contributed by atoms with van der Waals surface area (Å²) >= 11 is 1.08. The quantitative estimate of drug-likeness (QED) is 0.0243. The molecule has 0 aromatic rings. The number of rotatable bonds is 47. The first-order valence-electron chi connectivity index (χ1n) is 27.1. The summed E-state index contributed by atoms with van der Waals surface area (Å²) in [6.45, 7) is 7.98. The molecule has 70 heavy (non-hydrogen) atoms. The van der Waals surface area contributed by atoms with Crippen LogP contribution < -0.4 is 0 Å². The maximum absolute atomic E-state index is 13.4. The average Bonchev–Trinajstić information content (AvgIpc) is 3.33. The van der Waals surface area contributed by atoms with Crippen LogP contribution in [0.4, 0.5) is 4.79 Å². The summed E-state index contributed by atoms with van der Waals surface area (Å²) in [5.74, 6) is -2.59. The average molecular weight is 1010 g/mol. The lowest BCUT2D eigenvalue weighted by Crippen LogP contribution is -2.35. The number of allylic oxidation sites excluding steroid dienone is 2. The fraction of sp³-hybridized carbons (Fsp3) is 0.833. The van der Waals surface area contributed by atoms with Crippen LogP contribution in [0.3, 0.4) is 0 Å². The third kappa shape index (κ3) is 43.2. The van der Waals surface area contributed by atoms with Crippen LogP contribution in [-0.4, -0.2) is 129 Å². The number of ether oxygens (including phenoxy) is 6. The molecule has 16 heteroatoms. The number of hydrogen-bond donors (Lipinski definition) is 0. The maximum atomic E-state index is 13.4. The summed E-state index contributed by atoms with van der Waals surface area (Å²) in [7, 11) is 3.88. The summed E-state index contributed by atoms with van der Waals surface area (Å²) in [5.41, 5.74) is 0. The standard InChI is InChI=1S/C54H96N2O13S/c1-7-11-15-19-23-27-32-48(57)64-42-46(68-52(61)34-29-25-21-17-13-9-3)44-66-50(59)36-39-56(54(63)70-41-31-38-55(5)6)40-37-51(60)67-45-47(69-53(62)35-30-26-22-18-14-10-4)43-65-49(58)33-28-24-20-16-12-8-2/h17,21,46-47H,7-16,18-20,22-45H2,1-6H3/b21-17+/t46-,47-/m1/s1. The second kappa shape index (κ2) is 47.7. The van der Waals surface area contributed by atoms with E-state index in [0.717, 1.165) is 134 Å². The molecule has 2 atom stereocenters. The Balaban J connectivity index is 5.59. The molecule has 0 bridgehead atoms. The van der Waals surface area contributed by atoms with E-state index in [2.05, 4.69) is 33.8 Å². The number of unbranched alkanes of at least 4 members (excludes halogenated alkanes) is 17. The van der Waals surface area contributed by atoms with Gasteiger partial charge in [-0.3, -0.25) is 33.6 Å². The van der Waals surface area contributed by atoms with E-state index >= 15 is 0 Å². The zero-order valence-electron chi connectivity index (χ0n) is 44.6. The van der Waals surface area contributed by atoms with Crippen LogP contribution >= 0.6 is 11.8 Å². The van der Waals surface area contributed by atoms with E-state index in [1.165, 1.54) is 4.90 Å². The van der Waals surface area contributed by atoms with Crippen molar-refractivity contribution in [3.8, 4) is 0 Å². The molecule has 0 saturated carbocycles. The minimum absolute atomic E-state index is 0.0657. The van der Waals surface area contributed by atoms with Crippen molar-refractivity contribution in [2.24, 2.45) is 0 Å². The summed E-state index contributed by atoms with van der Waals surface area (Å²) in [6, 6.07) is 0. The molecule has 0 saturated heterocycles. The number of carbonyl (C=O) groups is 7. The molecule has 0 rings (SSSR count). The van der Waals surface area contributed by atoms with Gasteiger partial charge in [-0.1, -0.05) is 154 Å². The molecule has 1 amide bonds. The van der Waals surface area contributed by atoms with Crippen molar-refractivity contribution in [3.63, 3.8) is 0 Å². The smallest absolute Gasteiger partial charge is 0.307 e. The molecule has 406 valence electrons. The second-order valence-electron chi connectivity index (χ2n) is 18.4. The first-order chi connectivity index (χ1) is 33.8. The third-order valence-electron chi connectivity index (χ3n) is 11.3. The van der Waals surface area contributed by atoms with Crippen molar-refractivity contribution >= 4 is 52.8 Å². The van der Waals surface area contributed by atoms with Crippen LogP contribution in [0.2, 0.25) is 0 Å². The number of thioether (sulfide) groups is 1. The third-order valence-corrected chi connectivity index (χ3v) is 12.3. The van der Waals surface area contributed by atoms with Gasteiger partial charge >= 0.3 is 35.8 Å². The van der Waals surface area contributed by atoms with Crippen molar-refractivity contribution < 1.29 is 62.0 Å². The predicted octanol–water partition coefficient (Wildman–Crippen LogP) is 11.6. The van der Waals surface area contributed by atoms with Crippen LogP contribution in [0.1, 0.15) is 214 Å². The van der Waals surface area contributed by atoms with Crippen LogP contribution in [0.5, 0.6) is 0 Å². The molecule has 15 nitrogen and oxygen atoms in total. The normalized spacial score (nSPS) is 12.1. The SMILES string of the molecule is CCC/C=C/CCCC(=O)O[C@H](COC(=O)CCCCCCCC)COC(=O)CCN(CCC(=O)OC[C@@H](COC(=O)CCCCCCCC)OC(=O)CCCCCCCC)C(=O)SCCCN(C)C. The number of nitrogens with zero attached hydrogens (tertiary/aromatic N) is 2. The zero-order chi connectivity index (χ0) is 51.9. The fourth-order valence-electron chi connectivity index (χ4n) is 7.05. The van der Waals surface area contributed by atoms with Crippen molar-refractivity contribution in [1.29, 1.82) is 0 Å². The lowest BCUT2D eigenvalue weighted by molar-refractivity contribution is -0.167. The largest absolute Gasteiger partial charge is 0.462 e. The molecule has 0 spiro atoms. The second-order valence-corrected chi connectivity index (χ2v) is 19.5. The van der Waals surface area contributed by atoms with Crippen LogP contribution in [0, 0.1) is 0 Å². The molecule has 0 aromatic heterocycles. The van der Waals surface area contributed by atoms with Gasteiger partial charge in [0.2, 0.25) is 0 Å². The Bertz CT molecular complexity index is 1410. The van der Waals surface area contributed by atoms with Crippen molar-refractivity contribution in [1.82, 2.24) is 9.80 Å². The fourth-order valence-corrected chi connectivity index (χ4v) is 7.86. The number of esters is 6. The lowest BCUT2D eigenvalue weighted by Gasteiger charge is -2.23. The van der Waals surface area contributed by atoms with Gasteiger partial charge in [0.25, 0.3) is 5.24 Å². The van der Waals surface area contributed by atoms with Crippen molar-refractivity contribution in [2.75, 3.05) is 65.9 Å². The van der Waals surface area contributed by atoms with E-state index in [-0.39, 0.29) is 83.3 Å². The van der Waals surface area contributed by atoms with E-state index in [0.29, 0.717) is 37.9 Å². The molecular formula is C54H96N2O13S. The predicted molar refractivity (Wildman–Crippen MR) is 277 cm³/mol. The van der Waals surface area contributed by atoms with Gasteiger partial charge in [0, 0.05) is 44.5 Å². The van der Waals surface area contributed by atoms with E-state index in [1.807, 2.05) is 25.1 Å². The number of hydrogen-bond acceptors (Lipinski definition) is 15. The van der Waals surface area contributed by atoms with E-state index in [4.69, 9.17) is 28.4 Å². The summed E-state index contributed by atoms with van der Waals surface area (Å²) in [5, 5.41) is -0.327. The highest BCUT2D eigenvalue weighted by molar-refractivity contribution is 8.13. The number of carbonyl (C=O) groups excluding carboxylic acids is 7. The summed E-state index contributed by atoms with van der Waals surface area (Å²) in [4.78, 5) is 93.8. The molecule has 0 fully saturated rings. The highest BCUT2D eigenvalue weighted by Gasteiger charge is 2.24. The van der Waals surface area contributed by atoms with Gasteiger partial charge in [-0.2, -0.15) is 0 Å². The summed E-state index contributed by atoms with van der Waals surface area (Å²) < 4.78 is 33.2. The van der Waals surface area contributed by atoms with Crippen LogP contribution in [-0.2, 0) is 57.2 Å². The Morgan fingerprint density at radius 1 is 0.400 bits per heavy atom. The van der Waals surface area contributed by atoms with Gasteiger partial charge in [-0.15, -0.1) is 0 Å². The van der Waals surface area contributed by atoms with Gasteiger partial charge < -0.3 is 38.2 Å². The highest BCUT2D eigenvalue weighted by Crippen LogP contribution is 2.15. The van der Waals surface area contributed by atoms with E-state index in [1.54, 1.807) is 0 Å². The van der Waals surface area contributed by atoms with Crippen molar-refractivity contribution in [3.05, 3.63) is 12.2 Å². The van der Waals surface area contributed by atoms with E-state index in [9.17, 15) is 33.6 Å². The number of amides is 1. The molecule has 0 aromatic carbocycles. The minimum atomic E-state index is -1.01. The molecular weight excluding hydrogens is 917 g/mol. The Morgan fingerprint density at radius 2 is 0.757 bits per heavy atom.